The second-order valence-corrected chi connectivity index (χ2v) is 6.81. The number of halogens is 3. The number of hydrogen-bond acceptors (Lipinski definition) is 3. The molecule has 20 heavy (non-hydrogen) atoms. The Balaban J connectivity index is 2.82. The largest absolute Gasteiger partial charge is 0.390 e. The summed E-state index contributed by atoms with van der Waals surface area (Å²) in [7, 11) is -3.89. The molecule has 1 heterocycles. The van der Waals surface area contributed by atoms with Gasteiger partial charge in [-0.15, -0.1) is 0 Å². The summed E-state index contributed by atoms with van der Waals surface area (Å²) in [4.78, 5) is 0. The first-order valence-electron chi connectivity index (χ1n) is 6.53. The number of alkyl halides is 3. The number of rotatable bonds is 5. The minimum atomic E-state index is -4.37. The molecular formula is C11H21F3N2O3S. The molecule has 0 N–H and O–H groups in total. The van der Waals surface area contributed by atoms with Crippen LogP contribution >= 0.6 is 0 Å². The molecule has 1 rings (SSSR count). The summed E-state index contributed by atoms with van der Waals surface area (Å²) in [6.45, 7) is 4.81. The Bertz CT molecular complexity index is 414. The van der Waals surface area contributed by atoms with Gasteiger partial charge >= 0.3 is 6.18 Å². The molecule has 1 aliphatic rings. The van der Waals surface area contributed by atoms with Gasteiger partial charge in [0, 0.05) is 25.7 Å². The fraction of sp³-hybridized carbons (Fsp3) is 1.00. The Morgan fingerprint density at radius 2 is 1.95 bits per heavy atom. The Hall–Kier alpha value is -0.380. The highest BCUT2D eigenvalue weighted by molar-refractivity contribution is 7.86. The molecule has 0 aliphatic carbocycles. The summed E-state index contributed by atoms with van der Waals surface area (Å²) >= 11 is 0. The number of nitrogens with zero attached hydrogens (tertiary/aromatic N) is 2. The molecule has 9 heteroatoms. The van der Waals surface area contributed by atoms with E-state index in [2.05, 4.69) is 0 Å². The summed E-state index contributed by atoms with van der Waals surface area (Å²) in [5, 5.41) is 0. The Morgan fingerprint density at radius 1 is 1.35 bits per heavy atom. The van der Waals surface area contributed by atoms with Crippen LogP contribution in [0.25, 0.3) is 0 Å². The SMILES string of the molecule is CCN(CCC(F)(F)F)S(=O)(=O)N1C[C@@H](C)OC[C@@H]1C. The van der Waals surface area contributed by atoms with Gasteiger partial charge in [0.25, 0.3) is 10.2 Å². The quantitative estimate of drug-likeness (QED) is 0.774. The molecule has 1 saturated heterocycles. The first-order valence-corrected chi connectivity index (χ1v) is 7.93. The monoisotopic (exact) mass is 318 g/mol. The highest BCUT2D eigenvalue weighted by Crippen LogP contribution is 2.23. The predicted molar refractivity (Wildman–Crippen MR) is 68.4 cm³/mol. The van der Waals surface area contributed by atoms with E-state index in [0.29, 0.717) is 0 Å². The van der Waals surface area contributed by atoms with Crippen molar-refractivity contribution in [3.05, 3.63) is 0 Å². The van der Waals surface area contributed by atoms with Crippen LogP contribution < -0.4 is 0 Å². The molecule has 0 amide bonds. The van der Waals surface area contributed by atoms with Crippen LogP contribution in [0.4, 0.5) is 13.2 Å². The fourth-order valence-corrected chi connectivity index (χ4v) is 3.89. The van der Waals surface area contributed by atoms with Crippen LogP contribution in [0.15, 0.2) is 0 Å². The van der Waals surface area contributed by atoms with Gasteiger partial charge in [0.15, 0.2) is 0 Å². The number of morpholine rings is 1. The zero-order valence-electron chi connectivity index (χ0n) is 11.9. The molecular weight excluding hydrogens is 297 g/mol. The fourth-order valence-electron chi connectivity index (χ4n) is 2.03. The summed E-state index contributed by atoms with van der Waals surface area (Å²) < 4.78 is 69.1. The van der Waals surface area contributed by atoms with Gasteiger partial charge in [-0.1, -0.05) is 6.92 Å². The zero-order valence-corrected chi connectivity index (χ0v) is 12.7. The molecule has 0 aromatic carbocycles. The van der Waals surface area contributed by atoms with Crippen LogP contribution in [0.2, 0.25) is 0 Å². The van der Waals surface area contributed by atoms with Crippen LogP contribution in [0, 0.1) is 0 Å². The van der Waals surface area contributed by atoms with E-state index in [9.17, 15) is 21.6 Å². The Kier molecular flexibility index (Phi) is 5.82. The van der Waals surface area contributed by atoms with Crippen molar-refractivity contribution < 1.29 is 26.3 Å². The smallest absolute Gasteiger partial charge is 0.375 e. The van der Waals surface area contributed by atoms with Gasteiger partial charge in [0.2, 0.25) is 0 Å². The minimum absolute atomic E-state index is 0.0108. The van der Waals surface area contributed by atoms with Crippen LogP contribution in [-0.4, -0.2) is 61.6 Å². The molecule has 0 aromatic heterocycles. The topological polar surface area (TPSA) is 49.9 Å². The van der Waals surface area contributed by atoms with Crippen molar-refractivity contribution in [2.24, 2.45) is 0 Å². The summed E-state index contributed by atoms with van der Waals surface area (Å²) in [5.74, 6) is 0. The lowest BCUT2D eigenvalue weighted by Gasteiger charge is -2.38. The van der Waals surface area contributed by atoms with Crippen molar-refractivity contribution in [3.8, 4) is 0 Å². The Labute approximate surface area is 117 Å². The Morgan fingerprint density at radius 3 is 2.45 bits per heavy atom. The first-order chi connectivity index (χ1) is 9.08. The molecule has 0 radical (unpaired) electrons. The maximum absolute atomic E-state index is 12.4. The third-order valence-corrected chi connectivity index (χ3v) is 5.37. The minimum Gasteiger partial charge on any atom is -0.375 e. The highest BCUT2D eigenvalue weighted by Gasteiger charge is 2.38. The van der Waals surface area contributed by atoms with Crippen LogP contribution in [0.1, 0.15) is 27.2 Å². The molecule has 0 saturated carbocycles. The molecule has 5 nitrogen and oxygen atoms in total. The standard InChI is InChI=1S/C11H21F3N2O3S/c1-4-15(6-5-11(12,13)14)20(17,18)16-7-10(3)19-8-9(16)2/h9-10H,4-8H2,1-3H3/t9-,10+/m0/s1. The number of ether oxygens (including phenoxy) is 1. The average molecular weight is 318 g/mol. The van der Waals surface area contributed by atoms with Crippen molar-refractivity contribution in [2.75, 3.05) is 26.2 Å². The van der Waals surface area contributed by atoms with Crippen molar-refractivity contribution in [2.45, 2.75) is 45.5 Å². The third kappa shape index (κ3) is 4.57. The van der Waals surface area contributed by atoms with Gasteiger partial charge in [0.05, 0.1) is 19.1 Å². The van der Waals surface area contributed by atoms with Crippen molar-refractivity contribution in [1.82, 2.24) is 8.61 Å². The zero-order chi connectivity index (χ0) is 15.6. The van der Waals surface area contributed by atoms with Gasteiger partial charge in [-0.25, -0.2) is 0 Å². The van der Waals surface area contributed by atoms with Gasteiger partial charge in [-0.05, 0) is 13.8 Å². The molecule has 0 spiro atoms. The molecule has 1 aliphatic heterocycles. The average Bonchev–Trinajstić information content (AvgIpc) is 2.31. The van der Waals surface area contributed by atoms with Crippen LogP contribution in [0.3, 0.4) is 0 Å². The molecule has 0 unspecified atom stereocenters. The summed E-state index contributed by atoms with van der Waals surface area (Å²) in [6.07, 6.45) is -5.77. The summed E-state index contributed by atoms with van der Waals surface area (Å²) in [6, 6.07) is -0.379. The maximum Gasteiger partial charge on any atom is 0.390 e. The van der Waals surface area contributed by atoms with E-state index in [1.807, 2.05) is 0 Å². The second kappa shape index (κ2) is 6.59. The normalized spacial score (nSPS) is 26.1. The van der Waals surface area contributed by atoms with Crippen LogP contribution in [0.5, 0.6) is 0 Å². The van der Waals surface area contributed by atoms with Crippen molar-refractivity contribution in [3.63, 3.8) is 0 Å². The van der Waals surface area contributed by atoms with E-state index >= 15 is 0 Å². The van der Waals surface area contributed by atoms with E-state index < -0.39 is 29.4 Å². The molecule has 0 aromatic rings. The lowest BCUT2D eigenvalue weighted by atomic mass is 10.2. The van der Waals surface area contributed by atoms with E-state index in [0.717, 1.165) is 4.31 Å². The van der Waals surface area contributed by atoms with E-state index in [1.165, 1.54) is 11.2 Å². The van der Waals surface area contributed by atoms with E-state index in [4.69, 9.17) is 4.74 Å². The van der Waals surface area contributed by atoms with E-state index in [1.54, 1.807) is 13.8 Å². The van der Waals surface area contributed by atoms with Crippen molar-refractivity contribution >= 4 is 10.2 Å². The number of hydrogen-bond donors (Lipinski definition) is 0. The summed E-state index contributed by atoms with van der Waals surface area (Å²) in [5.41, 5.74) is 0. The first kappa shape index (κ1) is 17.7. The lowest BCUT2D eigenvalue weighted by Crippen LogP contribution is -2.55. The highest BCUT2D eigenvalue weighted by atomic mass is 32.2. The van der Waals surface area contributed by atoms with Gasteiger partial charge < -0.3 is 4.74 Å². The lowest BCUT2D eigenvalue weighted by molar-refractivity contribution is -0.135. The third-order valence-electron chi connectivity index (χ3n) is 3.17. The molecule has 2 atom stereocenters. The molecule has 120 valence electrons. The van der Waals surface area contributed by atoms with Crippen molar-refractivity contribution in [1.29, 1.82) is 0 Å². The molecule has 0 bridgehead atoms. The molecule has 1 fully saturated rings. The van der Waals surface area contributed by atoms with E-state index in [-0.39, 0.29) is 31.8 Å². The predicted octanol–water partition coefficient (Wildman–Crippen LogP) is 1.61. The second-order valence-electron chi connectivity index (χ2n) is 4.93. The van der Waals surface area contributed by atoms with Gasteiger partial charge in [-0.3, -0.25) is 0 Å². The maximum atomic E-state index is 12.4. The van der Waals surface area contributed by atoms with Gasteiger partial charge in [0.1, 0.15) is 0 Å². The van der Waals surface area contributed by atoms with Gasteiger partial charge in [-0.2, -0.15) is 30.2 Å². The van der Waals surface area contributed by atoms with Crippen LogP contribution in [-0.2, 0) is 14.9 Å².